The fourth-order valence-electron chi connectivity index (χ4n) is 2.80. The molecule has 2 N–H and O–H groups in total. The van der Waals surface area contributed by atoms with Crippen LogP contribution < -0.4 is 5.73 Å². The van der Waals surface area contributed by atoms with Gasteiger partial charge in [0.05, 0.1) is 6.42 Å². The van der Waals surface area contributed by atoms with E-state index in [0.29, 0.717) is 6.42 Å². The molecule has 1 aromatic carbocycles. The van der Waals surface area contributed by atoms with Gasteiger partial charge < -0.3 is 10.6 Å². The van der Waals surface area contributed by atoms with E-state index in [-0.39, 0.29) is 5.91 Å². The summed E-state index contributed by atoms with van der Waals surface area (Å²) in [6.45, 7) is 9.57. The maximum Gasteiger partial charge on any atom is 0.227 e. The number of aryl methyl sites for hydroxylation is 2. The fourth-order valence-corrected chi connectivity index (χ4v) is 2.80. The number of amides is 1. The van der Waals surface area contributed by atoms with Gasteiger partial charge >= 0.3 is 0 Å². The summed E-state index contributed by atoms with van der Waals surface area (Å²) >= 11 is 0. The van der Waals surface area contributed by atoms with Crippen molar-refractivity contribution in [2.45, 2.75) is 26.7 Å². The van der Waals surface area contributed by atoms with Gasteiger partial charge in [-0.2, -0.15) is 0 Å². The molecule has 2 rings (SSSR count). The SMILES string of the molecule is Cc1ccc(C)c(CC(=O)N2CCN(CCCN)CC2)c1. The Labute approximate surface area is 127 Å². The lowest BCUT2D eigenvalue weighted by atomic mass is 10.0. The van der Waals surface area contributed by atoms with Crippen molar-refractivity contribution in [3.63, 3.8) is 0 Å². The third kappa shape index (κ3) is 4.55. The number of piperazine rings is 1. The highest BCUT2D eigenvalue weighted by Crippen LogP contribution is 2.13. The molecule has 1 aromatic rings. The van der Waals surface area contributed by atoms with Gasteiger partial charge in [0.1, 0.15) is 0 Å². The van der Waals surface area contributed by atoms with Crippen molar-refractivity contribution < 1.29 is 4.79 Å². The van der Waals surface area contributed by atoms with Crippen molar-refractivity contribution in [1.29, 1.82) is 0 Å². The summed E-state index contributed by atoms with van der Waals surface area (Å²) in [5.41, 5.74) is 9.12. The number of hydrogen-bond acceptors (Lipinski definition) is 3. The van der Waals surface area contributed by atoms with Crippen LogP contribution in [0.5, 0.6) is 0 Å². The van der Waals surface area contributed by atoms with Crippen LogP contribution in [0.2, 0.25) is 0 Å². The predicted octanol–water partition coefficient (Wildman–Crippen LogP) is 1.34. The Morgan fingerprint density at radius 1 is 1.19 bits per heavy atom. The van der Waals surface area contributed by atoms with Gasteiger partial charge in [0, 0.05) is 26.2 Å². The third-order valence-electron chi connectivity index (χ3n) is 4.25. The Morgan fingerprint density at radius 3 is 2.57 bits per heavy atom. The van der Waals surface area contributed by atoms with Crippen LogP contribution in [0.1, 0.15) is 23.1 Å². The second-order valence-electron chi connectivity index (χ2n) is 5.97. The van der Waals surface area contributed by atoms with Gasteiger partial charge in [-0.15, -0.1) is 0 Å². The Hall–Kier alpha value is -1.39. The molecule has 1 amide bonds. The lowest BCUT2D eigenvalue weighted by Gasteiger charge is -2.34. The fraction of sp³-hybridized carbons (Fsp3) is 0.588. The highest BCUT2D eigenvalue weighted by atomic mass is 16.2. The zero-order valence-electron chi connectivity index (χ0n) is 13.3. The van der Waals surface area contributed by atoms with Gasteiger partial charge in [-0.1, -0.05) is 23.8 Å². The number of nitrogens with zero attached hydrogens (tertiary/aromatic N) is 2. The highest BCUT2D eigenvalue weighted by Gasteiger charge is 2.21. The van der Waals surface area contributed by atoms with Crippen LogP contribution in [0.25, 0.3) is 0 Å². The molecule has 21 heavy (non-hydrogen) atoms. The van der Waals surface area contributed by atoms with Crippen LogP contribution in [0, 0.1) is 13.8 Å². The van der Waals surface area contributed by atoms with E-state index in [9.17, 15) is 4.79 Å². The molecule has 0 spiro atoms. The number of nitrogens with two attached hydrogens (primary N) is 1. The smallest absolute Gasteiger partial charge is 0.227 e. The van der Waals surface area contributed by atoms with E-state index < -0.39 is 0 Å². The van der Waals surface area contributed by atoms with E-state index >= 15 is 0 Å². The Balaban J connectivity index is 1.86. The van der Waals surface area contributed by atoms with Crippen molar-refractivity contribution in [1.82, 2.24) is 9.80 Å². The molecule has 0 saturated carbocycles. The molecular weight excluding hydrogens is 262 g/mol. The van der Waals surface area contributed by atoms with Gasteiger partial charge in [0.25, 0.3) is 0 Å². The second-order valence-corrected chi connectivity index (χ2v) is 5.97. The quantitative estimate of drug-likeness (QED) is 0.890. The summed E-state index contributed by atoms with van der Waals surface area (Å²) in [4.78, 5) is 16.8. The number of carbonyl (C=O) groups excluding carboxylic acids is 1. The highest BCUT2D eigenvalue weighted by molar-refractivity contribution is 5.79. The summed E-state index contributed by atoms with van der Waals surface area (Å²) in [6, 6.07) is 6.33. The van der Waals surface area contributed by atoms with Crippen LogP contribution in [-0.2, 0) is 11.2 Å². The van der Waals surface area contributed by atoms with Gasteiger partial charge in [-0.05, 0) is 44.5 Å². The largest absolute Gasteiger partial charge is 0.340 e. The van der Waals surface area contributed by atoms with Crippen molar-refractivity contribution >= 4 is 5.91 Å². The summed E-state index contributed by atoms with van der Waals surface area (Å²) in [5.74, 6) is 0.252. The Kier molecular flexibility index (Phi) is 5.76. The molecule has 0 radical (unpaired) electrons. The summed E-state index contributed by atoms with van der Waals surface area (Å²) < 4.78 is 0. The molecule has 0 aromatic heterocycles. The van der Waals surface area contributed by atoms with Crippen LogP contribution in [0.4, 0.5) is 0 Å². The molecule has 1 saturated heterocycles. The first-order valence-corrected chi connectivity index (χ1v) is 7.86. The average molecular weight is 289 g/mol. The van der Waals surface area contributed by atoms with Gasteiger partial charge in [0.2, 0.25) is 5.91 Å². The molecule has 4 nitrogen and oxygen atoms in total. The van der Waals surface area contributed by atoms with Crippen LogP contribution in [-0.4, -0.2) is 55.0 Å². The first-order valence-electron chi connectivity index (χ1n) is 7.86. The van der Waals surface area contributed by atoms with E-state index in [4.69, 9.17) is 5.73 Å². The molecule has 1 heterocycles. The standard InChI is InChI=1S/C17H27N3O/c1-14-4-5-15(2)16(12-14)13-17(21)20-10-8-19(9-11-20)7-3-6-18/h4-5,12H,3,6-11,13,18H2,1-2H3. The van der Waals surface area contributed by atoms with Crippen LogP contribution in [0.3, 0.4) is 0 Å². The van der Waals surface area contributed by atoms with Gasteiger partial charge in [-0.25, -0.2) is 0 Å². The molecular formula is C17H27N3O. The van der Waals surface area contributed by atoms with Gasteiger partial charge in [-0.3, -0.25) is 9.69 Å². The topological polar surface area (TPSA) is 49.6 Å². The van der Waals surface area contributed by atoms with Crippen LogP contribution in [0.15, 0.2) is 18.2 Å². The molecule has 1 aliphatic rings. The lowest BCUT2D eigenvalue weighted by molar-refractivity contribution is -0.132. The first kappa shape index (κ1) is 16.0. The normalized spacial score (nSPS) is 16.2. The van der Waals surface area contributed by atoms with E-state index in [1.807, 2.05) is 4.90 Å². The maximum atomic E-state index is 12.4. The summed E-state index contributed by atoms with van der Waals surface area (Å²) in [7, 11) is 0. The number of rotatable bonds is 5. The lowest BCUT2D eigenvalue weighted by Crippen LogP contribution is -2.49. The first-order chi connectivity index (χ1) is 10.1. The molecule has 0 bridgehead atoms. The number of carbonyl (C=O) groups is 1. The van der Waals surface area contributed by atoms with Gasteiger partial charge in [0.15, 0.2) is 0 Å². The summed E-state index contributed by atoms with van der Waals surface area (Å²) in [6.07, 6.45) is 1.56. The molecule has 0 aliphatic carbocycles. The van der Waals surface area contributed by atoms with Crippen molar-refractivity contribution in [3.05, 3.63) is 34.9 Å². The number of benzene rings is 1. The van der Waals surface area contributed by atoms with Crippen LogP contribution >= 0.6 is 0 Å². The summed E-state index contributed by atoms with van der Waals surface area (Å²) in [5, 5.41) is 0. The zero-order chi connectivity index (χ0) is 15.2. The van der Waals surface area contributed by atoms with Crippen molar-refractivity contribution in [3.8, 4) is 0 Å². The minimum absolute atomic E-state index is 0.252. The van der Waals surface area contributed by atoms with E-state index in [1.165, 1.54) is 11.1 Å². The molecule has 116 valence electrons. The molecule has 4 heteroatoms. The zero-order valence-corrected chi connectivity index (χ0v) is 13.3. The molecule has 1 fully saturated rings. The minimum Gasteiger partial charge on any atom is -0.340 e. The van der Waals surface area contributed by atoms with Crippen molar-refractivity contribution in [2.75, 3.05) is 39.3 Å². The average Bonchev–Trinajstić information content (AvgIpc) is 2.49. The molecule has 0 unspecified atom stereocenters. The minimum atomic E-state index is 0.252. The van der Waals surface area contributed by atoms with E-state index in [1.54, 1.807) is 0 Å². The second kappa shape index (κ2) is 7.57. The third-order valence-corrected chi connectivity index (χ3v) is 4.25. The van der Waals surface area contributed by atoms with E-state index in [0.717, 1.165) is 51.3 Å². The molecule has 1 aliphatic heterocycles. The Morgan fingerprint density at radius 2 is 1.90 bits per heavy atom. The Bertz CT molecular complexity index is 479. The monoisotopic (exact) mass is 289 g/mol. The molecule has 0 atom stereocenters. The predicted molar refractivity (Wildman–Crippen MR) is 86.3 cm³/mol. The van der Waals surface area contributed by atoms with E-state index in [2.05, 4.69) is 36.9 Å². The van der Waals surface area contributed by atoms with Crippen molar-refractivity contribution in [2.24, 2.45) is 5.73 Å². The number of hydrogen-bond donors (Lipinski definition) is 1. The maximum absolute atomic E-state index is 12.4.